The fraction of sp³-hybridized carbons (Fsp3) is 0.684. The molecule has 112 valence electrons. The second-order valence-electron chi connectivity index (χ2n) is 8.64. The predicted molar refractivity (Wildman–Crippen MR) is 88.0 cm³/mol. The van der Waals surface area contributed by atoms with Gasteiger partial charge in [0.15, 0.2) is 0 Å². The minimum Gasteiger partial charge on any atom is -0.306 e. The minimum absolute atomic E-state index is 0.232. The molecule has 0 saturated heterocycles. The lowest BCUT2D eigenvalue weighted by Crippen LogP contribution is -2.25. The van der Waals surface area contributed by atoms with Crippen LogP contribution in [0.25, 0.3) is 0 Å². The van der Waals surface area contributed by atoms with Gasteiger partial charge < -0.3 is 5.32 Å². The molecule has 1 saturated carbocycles. The maximum Gasteiger partial charge on any atom is 0.0294 e. The van der Waals surface area contributed by atoms with Crippen molar-refractivity contribution in [3.05, 3.63) is 35.4 Å². The van der Waals surface area contributed by atoms with Crippen molar-refractivity contribution in [2.24, 2.45) is 10.8 Å². The van der Waals surface area contributed by atoms with Gasteiger partial charge in [-0.1, -0.05) is 72.7 Å². The molecule has 1 aliphatic carbocycles. The van der Waals surface area contributed by atoms with Crippen LogP contribution in [0.1, 0.15) is 72.6 Å². The maximum absolute atomic E-state index is 3.81. The number of nitrogens with one attached hydrogen (secondary N) is 1. The highest BCUT2D eigenvalue weighted by atomic mass is 15.1. The minimum atomic E-state index is 0.232. The van der Waals surface area contributed by atoms with Gasteiger partial charge >= 0.3 is 0 Å². The van der Waals surface area contributed by atoms with Crippen molar-refractivity contribution in [3.63, 3.8) is 0 Å². The van der Waals surface area contributed by atoms with Gasteiger partial charge in [0.25, 0.3) is 0 Å². The summed E-state index contributed by atoms with van der Waals surface area (Å²) in [5.74, 6) is 0. The average Bonchev–Trinajstić information content (AvgIpc) is 2.71. The molecule has 1 atom stereocenters. The van der Waals surface area contributed by atoms with Crippen molar-refractivity contribution in [2.75, 3.05) is 0 Å². The van der Waals surface area contributed by atoms with Crippen molar-refractivity contribution in [1.82, 2.24) is 5.32 Å². The molecule has 1 aromatic rings. The monoisotopic (exact) mass is 273 g/mol. The molecule has 0 aliphatic heterocycles. The van der Waals surface area contributed by atoms with E-state index in [9.17, 15) is 0 Å². The fourth-order valence-electron chi connectivity index (χ4n) is 3.23. The van der Waals surface area contributed by atoms with Crippen molar-refractivity contribution < 1.29 is 0 Å². The second-order valence-corrected chi connectivity index (χ2v) is 8.64. The molecule has 1 unspecified atom stereocenters. The standard InChI is InChI=1S/C19H31N/c1-13(20-16-18(5,6)19(16,7)8)14-9-11-15(12-10-14)17(2,3)4/h9-13,16,20H,1-8H3. The summed E-state index contributed by atoms with van der Waals surface area (Å²) < 4.78 is 0. The summed E-state index contributed by atoms with van der Waals surface area (Å²) in [4.78, 5) is 0. The van der Waals surface area contributed by atoms with Crippen LogP contribution in [0, 0.1) is 10.8 Å². The lowest BCUT2D eigenvalue weighted by Gasteiger charge is -2.21. The van der Waals surface area contributed by atoms with Gasteiger partial charge in [0.1, 0.15) is 0 Å². The van der Waals surface area contributed by atoms with Crippen LogP contribution in [0.15, 0.2) is 24.3 Å². The van der Waals surface area contributed by atoms with E-state index in [-0.39, 0.29) is 5.41 Å². The smallest absolute Gasteiger partial charge is 0.0294 e. The first-order chi connectivity index (χ1) is 8.98. The molecule has 1 aromatic carbocycles. The summed E-state index contributed by atoms with van der Waals surface area (Å²) in [6.45, 7) is 18.5. The molecule has 1 heteroatoms. The van der Waals surface area contributed by atoms with Gasteiger partial charge in [-0.2, -0.15) is 0 Å². The SMILES string of the molecule is CC(NC1C(C)(C)C1(C)C)c1ccc(C(C)(C)C)cc1. The Balaban J connectivity index is 2.06. The van der Waals surface area contributed by atoms with E-state index in [1.807, 2.05) is 0 Å². The average molecular weight is 273 g/mol. The van der Waals surface area contributed by atoms with Crippen LogP contribution >= 0.6 is 0 Å². The molecule has 0 spiro atoms. The van der Waals surface area contributed by atoms with Gasteiger partial charge in [0.2, 0.25) is 0 Å². The summed E-state index contributed by atoms with van der Waals surface area (Å²) in [7, 11) is 0. The first-order valence-corrected chi connectivity index (χ1v) is 7.84. The summed E-state index contributed by atoms with van der Waals surface area (Å²) in [5, 5.41) is 3.81. The molecule has 2 rings (SSSR count). The molecule has 0 bridgehead atoms. The fourth-order valence-corrected chi connectivity index (χ4v) is 3.23. The summed E-state index contributed by atoms with van der Waals surface area (Å²) in [5.41, 5.74) is 3.81. The molecular formula is C19H31N. The zero-order chi connectivity index (χ0) is 15.3. The normalized spacial score (nSPS) is 22.6. The Bertz CT molecular complexity index is 459. The van der Waals surface area contributed by atoms with E-state index in [4.69, 9.17) is 0 Å². The highest BCUT2D eigenvalue weighted by molar-refractivity contribution is 5.30. The molecule has 0 radical (unpaired) electrons. The van der Waals surface area contributed by atoms with Crippen LogP contribution in [-0.4, -0.2) is 6.04 Å². The molecule has 0 amide bonds. The van der Waals surface area contributed by atoms with Gasteiger partial charge in [-0.05, 0) is 34.3 Å². The molecule has 1 N–H and O–H groups in total. The maximum atomic E-state index is 3.81. The summed E-state index contributed by atoms with van der Waals surface area (Å²) in [6.07, 6.45) is 0. The lowest BCUT2D eigenvalue weighted by atomic mass is 9.86. The van der Waals surface area contributed by atoms with Gasteiger partial charge in [-0.3, -0.25) is 0 Å². The van der Waals surface area contributed by atoms with E-state index < -0.39 is 0 Å². The molecule has 0 heterocycles. The highest BCUT2D eigenvalue weighted by Gasteiger charge is 2.64. The third kappa shape index (κ3) is 2.53. The largest absolute Gasteiger partial charge is 0.306 e. The molecule has 20 heavy (non-hydrogen) atoms. The van der Waals surface area contributed by atoms with Crippen LogP contribution in [0.2, 0.25) is 0 Å². The molecule has 0 aromatic heterocycles. The number of hydrogen-bond acceptors (Lipinski definition) is 1. The van der Waals surface area contributed by atoms with E-state index in [0.717, 1.165) is 0 Å². The van der Waals surface area contributed by atoms with E-state index in [2.05, 4.69) is 85.0 Å². The van der Waals surface area contributed by atoms with Crippen LogP contribution in [0.5, 0.6) is 0 Å². The first-order valence-electron chi connectivity index (χ1n) is 7.84. The van der Waals surface area contributed by atoms with E-state index in [1.54, 1.807) is 0 Å². The molecular weight excluding hydrogens is 242 g/mol. The Hall–Kier alpha value is -0.820. The predicted octanol–water partition coefficient (Wildman–Crippen LogP) is 5.07. The van der Waals surface area contributed by atoms with Crippen LogP contribution < -0.4 is 5.32 Å². The Labute approximate surface area is 125 Å². The number of rotatable bonds is 3. The Morgan fingerprint density at radius 2 is 1.40 bits per heavy atom. The topological polar surface area (TPSA) is 12.0 Å². The lowest BCUT2D eigenvalue weighted by molar-refractivity contribution is 0.457. The number of benzene rings is 1. The van der Waals surface area contributed by atoms with E-state index in [0.29, 0.717) is 22.9 Å². The summed E-state index contributed by atoms with van der Waals surface area (Å²) in [6, 6.07) is 10.1. The van der Waals surface area contributed by atoms with E-state index in [1.165, 1.54) is 11.1 Å². The zero-order valence-electron chi connectivity index (χ0n) is 14.5. The van der Waals surface area contributed by atoms with Crippen molar-refractivity contribution in [2.45, 2.75) is 72.9 Å². The van der Waals surface area contributed by atoms with Crippen LogP contribution in [0.3, 0.4) is 0 Å². The number of hydrogen-bond donors (Lipinski definition) is 1. The van der Waals surface area contributed by atoms with Gasteiger partial charge in [0.05, 0.1) is 0 Å². The second kappa shape index (κ2) is 4.59. The Morgan fingerprint density at radius 3 is 1.75 bits per heavy atom. The molecule has 1 fully saturated rings. The Kier molecular flexibility index (Phi) is 3.57. The highest BCUT2D eigenvalue weighted by Crippen LogP contribution is 2.63. The summed E-state index contributed by atoms with van der Waals surface area (Å²) >= 11 is 0. The van der Waals surface area contributed by atoms with Gasteiger partial charge in [-0.25, -0.2) is 0 Å². The molecule has 1 aliphatic rings. The van der Waals surface area contributed by atoms with Gasteiger partial charge in [-0.15, -0.1) is 0 Å². The van der Waals surface area contributed by atoms with Gasteiger partial charge in [0, 0.05) is 12.1 Å². The third-order valence-corrected chi connectivity index (χ3v) is 5.71. The Morgan fingerprint density at radius 1 is 0.950 bits per heavy atom. The quantitative estimate of drug-likeness (QED) is 0.810. The van der Waals surface area contributed by atoms with Crippen LogP contribution in [0.4, 0.5) is 0 Å². The van der Waals surface area contributed by atoms with Crippen molar-refractivity contribution >= 4 is 0 Å². The van der Waals surface area contributed by atoms with E-state index >= 15 is 0 Å². The van der Waals surface area contributed by atoms with Crippen molar-refractivity contribution in [3.8, 4) is 0 Å². The van der Waals surface area contributed by atoms with Crippen LogP contribution in [-0.2, 0) is 5.41 Å². The zero-order valence-corrected chi connectivity index (χ0v) is 14.5. The molecule has 1 nitrogen and oxygen atoms in total. The van der Waals surface area contributed by atoms with Crippen molar-refractivity contribution in [1.29, 1.82) is 0 Å². The first kappa shape index (κ1) is 15.6. The third-order valence-electron chi connectivity index (χ3n) is 5.71.